The summed E-state index contributed by atoms with van der Waals surface area (Å²) in [6, 6.07) is 12.3. The van der Waals surface area contributed by atoms with Crippen LogP contribution in [0.25, 0.3) is 10.8 Å². The van der Waals surface area contributed by atoms with Crippen molar-refractivity contribution in [2.75, 3.05) is 6.54 Å². The summed E-state index contributed by atoms with van der Waals surface area (Å²) in [5, 5.41) is 12.5. The van der Waals surface area contributed by atoms with E-state index >= 15 is 0 Å². The number of benzene rings is 2. The molecule has 4 aromatic rings. The fraction of sp³-hybridized carbons (Fsp3) is 0.280. The smallest absolute Gasteiger partial charge is 0.272 e. The Kier molecular flexibility index (Phi) is 4.60. The van der Waals surface area contributed by atoms with E-state index in [0.29, 0.717) is 36.6 Å². The fourth-order valence-electron chi connectivity index (χ4n) is 4.64. The second-order valence-corrected chi connectivity index (χ2v) is 8.80. The van der Waals surface area contributed by atoms with Crippen LogP contribution in [0.2, 0.25) is 0 Å². The number of rotatable bonds is 4. The molecule has 1 fully saturated rings. The first kappa shape index (κ1) is 19.8. The fourth-order valence-corrected chi connectivity index (χ4v) is 4.64. The van der Waals surface area contributed by atoms with Crippen LogP contribution in [0.1, 0.15) is 51.8 Å². The second-order valence-electron chi connectivity index (χ2n) is 8.80. The molecular formula is C25H22FN5O2. The van der Waals surface area contributed by atoms with Crippen molar-refractivity contribution in [3.63, 3.8) is 0 Å². The zero-order valence-corrected chi connectivity index (χ0v) is 17.9. The van der Waals surface area contributed by atoms with Gasteiger partial charge in [-0.3, -0.25) is 14.3 Å². The number of halogens is 1. The molecular weight excluding hydrogens is 421 g/mol. The molecule has 33 heavy (non-hydrogen) atoms. The van der Waals surface area contributed by atoms with E-state index in [1.807, 2.05) is 23.0 Å². The number of hydrogen-bond donors (Lipinski definition) is 1. The molecule has 0 bridgehead atoms. The van der Waals surface area contributed by atoms with Gasteiger partial charge < -0.3 is 4.90 Å². The van der Waals surface area contributed by atoms with Crippen LogP contribution < -0.4 is 5.56 Å². The van der Waals surface area contributed by atoms with Crippen LogP contribution in [0.15, 0.2) is 53.5 Å². The lowest BCUT2D eigenvalue weighted by atomic mass is 10.0. The summed E-state index contributed by atoms with van der Waals surface area (Å²) in [5.41, 5.74) is 3.48. The lowest BCUT2D eigenvalue weighted by molar-refractivity contribution is 0.0724. The molecule has 0 unspecified atom stereocenters. The Labute approximate surface area is 188 Å². The van der Waals surface area contributed by atoms with Gasteiger partial charge in [-0.25, -0.2) is 9.49 Å². The van der Waals surface area contributed by atoms with E-state index in [0.717, 1.165) is 35.9 Å². The first-order valence-electron chi connectivity index (χ1n) is 11.2. The molecule has 1 aliphatic heterocycles. The largest absolute Gasteiger partial charge is 0.332 e. The molecule has 8 heteroatoms. The van der Waals surface area contributed by atoms with Gasteiger partial charge in [-0.2, -0.15) is 10.2 Å². The first-order chi connectivity index (χ1) is 16.1. The molecule has 2 aromatic heterocycles. The number of carbonyl (C=O) groups is 1. The maximum atomic E-state index is 14.7. The van der Waals surface area contributed by atoms with E-state index in [1.54, 1.807) is 29.2 Å². The van der Waals surface area contributed by atoms with Crippen molar-refractivity contribution in [2.24, 2.45) is 0 Å². The molecule has 0 saturated heterocycles. The standard InChI is InChI=1S/C25H22FN5O2/c26-21-8-5-15(12-22-18-3-1-2-4-19(18)24(32)29-28-22)11-20(21)25(33)30-10-9-16-13-27-31(17-6-7-17)23(16)14-30/h1-5,8,11,13,17H,6-7,9-10,12,14H2,(H,29,32). The van der Waals surface area contributed by atoms with Crippen molar-refractivity contribution in [3.05, 3.63) is 92.9 Å². The van der Waals surface area contributed by atoms with Crippen LogP contribution in [0, 0.1) is 5.82 Å². The van der Waals surface area contributed by atoms with Gasteiger partial charge in [-0.1, -0.05) is 24.3 Å². The van der Waals surface area contributed by atoms with Crippen molar-refractivity contribution in [1.29, 1.82) is 0 Å². The monoisotopic (exact) mass is 443 g/mol. The maximum Gasteiger partial charge on any atom is 0.272 e. The molecule has 3 heterocycles. The minimum atomic E-state index is -0.537. The third kappa shape index (κ3) is 3.51. The molecule has 6 rings (SSSR count). The maximum absolute atomic E-state index is 14.7. The molecule has 1 aliphatic carbocycles. The Bertz CT molecular complexity index is 1450. The number of aromatic nitrogens is 4. The van der Waals surface area contributed by atoms with Gasteiger partial charge in [-0.15, -0.1) is 0 Å². The minimum Gasteiger partial charge on any atom is -0.332 e. The van der Waals surface area contributed by atoms with E-state index in [-0.39, 0.29) is 17.0 Å². The predicted molar refractivity (Wildman–Crippen MR) is 121 cm³/mol. The third-order valence-electron chi connectivity index (χ3n) is 6.56. The summed E-state index contributed by atoms with van der Waals surface area (Å²) in [7, 11) is 0. The molecule has 7 nitrogen and oxygen atoms in total. The van der Waals surface area contributed by atoms with E-state index in [1.165, 1.54) is 11.6 Å². The predicted octanol–water partition coefficient (Wildman–Crippen LogP) is 3.38. The third-order valence-corrected chi connectivity index (χ3v) is 6.56. The van der Waals surface area contributed by atoms with Gasteiger partial charge in [-0.05, 0) is 48.6 Å². The Balaban J connectivity index is 1.29. The minimum absolute atomic E-state index is 0.0576. The molecule has 1 N–H and O–H groups in total. The lowest BCUT2D eigenvalue weighted by Crippen LogP contribution is -2.37. The lowest BCUT2D eigenvalue weighted by Gasteiger charge is -2.28. The Morgan fingerprint density at radius 2 is 1.97 bits per heavy atom. The average molecular weight is 443 g/mol. The van der Waals surface area contributed by atoms with E-state index in [2.05, 4.69) is 15.3 Å². The van der Waals surface area contributed by atoms with Gasteiger partial charge in [0, 0.05) is 18.4 Å². The second kappa shape index (κ2) is 7.65. The summed E-state index contributed by atoms with van der Waals surface area (Å²) >= 11 is 0. The number of H-pyrrole nitrogens is 1. The van der Waals surface area contributed by atoms with Crippen molar-refractivity contribution < 1.29 is 9.18 Å². The number of hydrogen-bond acceptors (Lipinski definition) is 4. The molecule has 166 valence electrons. The number of nitrogens with zero attached hydrogens (tertiary/aromatic N) is 4. The van der Waals surface area contributed by atoms with Crippen LogP contribution in [-0.2, 0) is 19.4 Å². The first-order valence-corrected chi connectivity index (χ1v) is 11.2. The molecule has 0 atom stereocenters. The molecule has 0 spiro atoms. The zero-order valence-electron chi connectivity index (χ0n) is 17.9. The number of carbonyl (C=O) groups excluding carboxylic acids is 1. The van der Waals surface area contributed by atoms with Crippen molar-refractivity contribution in [2.45, 2.75) is 38.3 Å². The van der Waals surface area contributed by atoms with Gasteiger partial charge in [0.15, 0.2) is 0 Å². The number of nitrogens with one attached hydrogen (secondary N) is 1. The van der Waals surface area contributed by atoms with E-state index < -0.39 is 5.82 Å². The quantitative estimate of drug-likeness (QED) is 0.524. The zero-order chi connectivity index (χ0) is 22.5. The Hall–Kier alpha value is -3.81. The Morgan fingerprint density at radius 3 is 2.79 bits per heavy atom. The molecule has 2 aliphatic rings. The van der Waals surface area contributed by atoms with Gasteiger partial charge in [0.1, 0.15) is 5.82 Å². The van der Waals surface area contributed by atoms with E-state index in [9.17, 15) is 14.0 Å². The highest BCUT2D eigenvalue weighted by molar-refractivity contribution is 5.95. The SMILES string of the molecule is O=C(c1cc(Cc2n[nH]c(=O)c3ccccc23)ccc1F)N1CCc2cnn(C3CC3)c2C1. The Morgan fingerprint density at radius 1 is 1.15 bits per heavy atom. The van der Waals surface area contributed by atoms with Gasteiger partial charge >= 0.3 is 0 Å². The van der Waals surface area contributed by atoms with Crippen molar-refractivity contribution in [3.8, 4) is 0 Å². The number of amides is 1. The molecule has 1 saturated carbocycles. The molecule has 0 radical (unpaired) electrons. The van der Waals surface area contributed by atoms with Crippen LogP contribution in [-0.4, -0.2) is 37.3 Å². The molecule has 1 amide bonds. The number of fused-ring (bicyclic) bond motifs is 2. The normalized spacial score (nSPS) is 15.6. The van der Waals surface area contributed by atoms with Crippen LogP contribution in [0.5, 0.6) is 0 Å². The van der Waals surface area contributed by atoms with Crippen molar-refractivity contribution >= 4 is 16.7 Å². The summed E-state index contributed by atoms with van der Waals surface area (Å²) in [6.07, 6.45) is 5.23. The highest BCUT2D eigenvalue weighted by Crippen LogP contribution is 2.37. The van der Waals surface area contributed by atoms with Crippen LogP contribution in [0.4, 0.5) is 4.39 Å². The average Bonchev–Trinajstić information content (AvgIpc) is 3.60. The van der Waals surface area contributed by atoms with Gasteiger partial charge in [0.25, 0.3) is 11.5 Å². The summed E-state index contributed by atoms with van der Waals surface area (Å²) in [5.74, 6) is -0.854. The summed E-state index contributed by atoms with van der Waals surface area (Å²) < 4.78 is 16.8. The van der Waals surface area contributed by atoms with Crippen LogP contribution in [0.3, 0.4) is 0 Å². The molecule has 2 aromatic carbocycles. The van der Waals surface area contributed by atoms with Gasteiger partial charge in [0.2, 0.25) is 0 Å². The summed E-state index contributed by atoms with van der Waals surface area (Å²) in [4.78, 5) is 27.1. The van der Waals surface area contributed by atoms with Crippen LogP contribution >= 0.6 is 0 Å². The number of aromatic amines is 1. The van der Waals surface area contributed by atoms with E-state index in [4.69, 9.17) is 0 Å². The van der Waals surface area contributed by atoms with Gasteiger partial charge in [0.05, 0.1) is 41.1 Å². The van der Waals surface area contributed by atoms with Crippen molar-refractivity contribution in [1.82, 2.24) is 24.9 Å². The highest BCUT2D eigenvalue weighted by atomic mass is 19.1. The highest BCUT2D eigenvalue weighted by Gasteiger charge is 2.32. The topological polar surface area (TPSA) is 83.9 Å². The summed E-state index contributed by atoms with van der Waals surface area (Å²) in [6.45, 7) is 0.985.